The fraction of sp³-hybridized carbons (Fsp3) is 0.444. The van der Waals surface area contributed by atoms with Gasteiger partial charge >= 0.3 is 0 Å². The first-order valence-electron chi connectivity index (χ1n) is 8.15. The quantitative estimate of drug-likeness (QED) is 0.679. The van der Waals surface area contributed by atoms with Crippen molar-refractivity contribution >= 4 is 0 Å². The van der Waals surface area contributed by atoms with Crippen molar-refractivity contribution in [3.63, 3.8) is 0 Å². The van der Waals surface area contributed by atoms with Crippen LogP contribution in [0.1, 0.15) is 45.4 Å². The summed E-state index contributed by atoms with van der Waals surface area (Å²) in [5, 5.41) is 9.80. The highest BCUT2D eigenvalue weighted by Crippen LogP contribution is 2.33. The highest BCUT2D eigenvalue weighted by Gasteiger charge is 2.13. The molecule has 0 unspecified atom stereocenters. The minimum atomic E-state index is -0.729. The number of nitrogens with zero attached hydrogens (tertiary/aromatic N) is 2. The van der Waals surface area contributed by atoms with Crippen LogP contribution in [0.15, 0.2) is 30.6 Å². The molecule has 1 heterocycles. The Labute approximate surface area is 136 Å². The summed E-state index contributed by atoms with van der Waals surface area (Å²) in [6.45, 7) is 2.64. The Bertz CT molecular complexity index is 605. The molecule has 0 aliphatic rings. The summed E-state index contributed by atoms with van der Waals surface area (Å²) in [5.41, 5.74) is 0.485. The van der Waals surface area contributed by atoms with Gasteiger partial charge in [-0.15, -0.1) is 0 Å². The number of hydrogen-bond donors (Lipinski definition) is 1. The van der Waals surface area contributed by atoms with Crippen molar-refractivity contribution in [1.82, 2.24) is 9.97 Å². The predicted octanol–water partition coefficient (Wildman–Crippen LogP) is 4.73. The van der Waals surface area contributed by atoms with E-state index in [-0.39, 0.29) is 5.75 Å². The normalized spacial score (nSPS) is 10.7. The number of hydrogen-bond acceptors (Lipinski definition) is 4. The molecule has 0 fully saturated rings. The molecule has 0 aliphatic carbocycles. The zero-order valence-electron chi connectivity index (χ0n) is 13.5. The summed E-state index contributed by atoms with van der Waals surface area (Å²) in [5.74, 6) is -0.652. The Morgan fingerprint density at radius 1 is 1.04 bits per heavy atom. The van der Waals surface area contributed by atoms with Gasteiger partial charge in [0.2, 0.25) is 0 Å². The molecule has 5 heteroatoms. The summed E-state index contributed by atoms with van der Waals surface area (Å²) >= 11 is 0. The van der Waals surface area contributed by atoms with Gasteiger partial charge < -0.3 is 9.84 Å². The lowest BCUT2D eigenvalue weighted by atomic mass is 10.1. The molecule has 0 aliphatic heterocycles. The van der Waals surface area contributed by atoms with Gasteiger partial charge in [0.05, 0.1) is 6.61 Å². The molecule has 0 amide bonds. The number of rotatable bonds is 9. The van der Waals surface area contributed by atoms with E-state index >= 15 is 0 Å². The third-order valence-electron chi connectivity index (χ3n) is 3.61. The molecule has 0 radical (unpaired) electrons. The molecule has 4 nitrogen and oxygen atoms in total. The average molecular weight is 318 g/mol. The van der Waals surface area contributed by atoms with Crippen molar-refractivity contribution in [1.29, 1.82) is 0 Å². The SMILES string of the molecule is CCCCCCCCOc1cc(-c2ncccn2)cc(F)c1O. The van der Waals surface area contributed by atoms with Gasteiger partial charge in [-0.25, -0.2) is 14.4 Å². The van der Waals surface area contributed by atoms with Gasteiger partial charge in [0.25, 0.3) is 0 Å². The van der Waals surface area contributed by atoms with Gasteiger partial charge in [-0.3, -0.25) is 0 Å². The standard InChI is InChI=1S/C18H23FN2O2/c1-2-3-4-5-6-7-11-23-16-13-14(12-15(19)17(16)22)18-20-9-8-10-21-18/h8-10,12-13,22H,2-7,11H2,1H3. The van der Waals surface area contributed by atoms with E-state index in [0.29, 0.717) is 18.0 Å². The van der Waals surface area contributed by atoms with Crippen LogP contribution in [0.25, 0.3) is 11.4 Å². The topological polar surface area (TPSA) is 55.2 Å². The second kappa shape index (κ2) is 9.08. The minimum absolute atomic E-state index is 0.140. The fourth-order valence-corrected chi connectivity index (χ4v) is 2.33. The van der Waals surface area contributed by atoms with Gasteiger partial charge in [-0.2, -0.15) is 0 Å². The average Bonchev–Trinajstić information content (AvgIpc) is 2.58. The summed E-state index contributed by atoms with van der Waals surface area (Å²) in [4.78, 5) is 8.17. The lowest BCUT2D eigenvalue weighted by molar-refractivity contribution is 0.283. The molecule has 1 aromatic heterocycles. The van der Waals surface area contributed by atoms with Gasteiger partial charge in [-0.05, 0) is 24.6 Å². The Morgan fingerprint density at radius 3 is 2.48 bits per heavy atom. The first-order valence-corrected chi connectivity index (χ1v) is 8.15. The van der Waals surface area contributed by atoms with Crippen LogP contribution in [-0.4, -0.2) is 21.7 Å². The lowest BCUT2D eigenvalue weighted by Crippen LogP contribution is -1.99. The number of ether oxygens (including phenoxy) is 1. The molecule has 2 rings (SSSR count). The van der Waals surface area contributed by atoms with Crippen molar-refractivity contribution in [2.45, 2.75) is 45.4 Å². The highest BCUT2D eigenvalue weighted by molar-refractivity contribution is 5.61. The van der Waals surface area contributed by atoms with Crippen molar-refractivity contribution in [2.75, 3.05) is 6.61 Å². The Morgan fingerprint density at radius 2 is 1.74 bits per heavy atom. The minimum Gasteiger partial charge on any atom is -0.502 e. The van der Waals surface area contributed by atoms with E-state index in [1.54, 1.807) is 24.5 Å². The van der Waals surface area contributed by atoms with E-state index in [9.17, 15) is 9.50 Å². The summed E-state index contributed by atoms with van der Waals surface area (Å²) < 4.78 is 19.4. The van der Waals surface area contributed by atoms with E-state index in [1.807, 2.05) is 0 Å². The van der Waals surface area contributed by atoms with Crippen LogP contribution in [0.3, 0.4) is 0 Å². The predicted molar refractivity (Wildman–Crippen MR) is 88.0 cm³/mol. The zero-order valence-corrected chi connectivity index (χ0v) is 13.5. The van der Waals surface area contributed by atoms with Crippen LogP contribution in [0.5, 0.6) is 11.5 Å². The fourth-order valence-electron chi connectivity index (χ4n) is 2.33. The number of unbranched alkanes of at least 4 members (excludes halogenated alkanes) is 5. The number of halogens is 1. The Hall–Kier alpha value is -2.17. The molecule has 1 aromatic carbocycles. The molecular weight excluding hydrogens is 295 g/mol. The van der Waals surface area contributed by atoms with Crippen molar-refractivity contribution in [3.05, 3.63) is 36.4 Å². The van der Waals surface area contributed by atoms with Crippen LogP contribution in [0.4, 0.5) is 4.39 Å². The highest BCUT2D eigenvalue weighted by atomic mass is 19.1. The van der Waals surface area contributed by atoms with Crippen LogP contribution in [0.2, 0.25) is 0 Å². The third kappa shape index (κ3) is 5.20. The number of phenolic OH excluding ortho intramolecular Hbond substituents is 1. The largest absolute Gasteiger partial charge is 0.502 e. The van der Waals surface area contributed by atoms with Crippen LogP contribution in [0, 0.1) is 5.82 Å². The molecule has 124 valence electrons. The van der Waals surface area contributed by atoms with Gasteiger partial charge in [0.1, 0.15) is 0 Å². The molecule has 23 heavy (non-hydrogen) atoms. The van der Waals surface area contributed by atoms with E-state index in [1.165, 1.54) is 31.7 Å². The molecule has 0 atom stereocenters. The number of phenols is 1. The number of aromatic nitrogens is 2. The van der Waals surface area contributed by atoms with Gasteiger partial charge in [0, 0.05) is 18.0 Å². The summed E-state index contributed by atoms with van der Waals surface area (Å²) in [6.07, 6.45) is 10.0. The molecule has 2 aromatic rings. The summed E-state index contributed by atoms with van der Waals surface area (Å²) in [6, 6.07) is 4.48. The maximum atomic E-state index is 13.9. The van der Waals surface area contributed by atoms with Crippen molar-refractivity contribution < 1.29 is 14.2 Å². The van der Waals surface area contributed by atoms with Crippen LogP contribution in [-0.2, 0) is 0 Å². The number of aromatic hydroxyl groups is 1. The Balaban J connectivity index is 1.95. The van der Waals surface area contributed by atoms with Crippen LogP contribution >= 0.6 is 0 Å². The molecule has 0 spiro atoms. The maximum Gasteiger partial charge on any atom is 0.194 e. The lowest BCUT2D eigenvalue weighted by Gasteiger charge is -2.10. The third-order valence-corrected chi connectivity index (χ3v) is 3.61. The van der Waals surface area contributed by atoms with E-state index in [0.717, 1.165) is 12.8 Å². The van der Waals surface area contributed by atoms with Gasteiger partial charge in [-0.1, -0.05) is 39.0 Å². The first kappa shape index (κ1) is 17.2. The molecule has 1 N–H and O–H groups in total. The molecule has 0 saturated carbocycles. The number of benzene rings is 1. The van der Waals surface area contributed by atoms with Gasteiger partial charge in [0.15, 0.2) is 23.1 Å². The zero-order chi connectivity index (χ0) is 16.5. The van der Waals surface area contributed by atoms with Crippen molar-refractivity contribution in [2.24, 2.45) is 0 Å². The molecule has 0 bridgehead atoms. The Kier molecular flexibility index (Phi) is 6.78. The second-order valence-corrected chi connectivity index (χ2v) is 5.49. The summed E-state index contributed by atoms with van der Waals surface area (Å²) in [7, 11) is 0. The smallest absolute Gasteiger partial charge is 0.194 e. The van der Waals surface area contributed by atoms with E-state index in [4.69, 9.17) is 4.74 Å². The molecular formula is C18H23FN2O2. The monoisotopic (exact) mass is 318 g/mol. The first-order chi connectivity index (χ1) is 11.2. The maximum absolute atomic E-state index is 13.9. The van der Waals surface area contributed by atoms with Crippen molar-refractivity contribution in [3.8, 4) is 22.9 Å². The second-order valence-electron chi connectivity index (χ2n) is 5.49. The van der Waals surface area contributed by atoms with E-state index in [2.05, 4.69) is 16.9 Å². The van der Waals surface area contributed by atoms with Crippen LogP contribution < -0.4 is 4.74 Å². The van der Waals surface area contributed by atoms with E-state index < -0.39 is 11.6 Å². The molecule has 0 saturated heterocycles.